The Kier molecular flexibility index (Phi) is 3.22. The summed E-state index contributed by atoms with van der Waals surface area (Å²) in [5.74, 6) is 0. The van der Waals surface area contributed by atoms with E-state index in [0.717, 1.165) is 0 Å². The molecule has 4 heteroatoms. The zero-order valence-corrected chi connectivity index (χ0v) is 8.21. The fraction of sp³-hybridized carbons (Fsp3) is 0.125. The first-order valence-corrected chi connectivity index (χ1v) is 4.29. The third-order valence-corrected chi connectivity index (χ3v) is 2.43. The highest BCUT2D eigenvalue weighted by atomic mass is 35.5. The molecule has 0 bridgehead atoms. The van der Waals surface area contributed by atoms with E-state index in [0.29, 0.717) is 20.6 Å². The van der Waals surface area contributed by atoms with Gasteiger partial charge in [-0.1, -0.05) is 34.8 Å². The molecule has 0 radical (unpaired) electrons. The van der Waals surface area contributed by atoms with Crippen molar-refractivity contribution in [1.29, 1.82) is 5.26 Å². The van der Waals surface area contributed by atoms with Gasteiger partial charge in [0.25, 0.3) is 0 Å². The number of hydrogen-bond donors (Lipinski definition) is 0. The van der Waals surface area contributed by atoms with Crippen LogP contribution in [0.1, 0.15) is 5.56 Å². The van der Waals surface area contributed by atoms with Gasteiger partial charge in [0.1, 0.15) is 0 Å². The Morgan fingerprint density at radius 2 is 1.67 bits per heavy atom. The lowest BCUT2D eigenvalue weighted by atomic mass is 10.2. The van der Waals surface area contributed by atoms with Gasteiger partial charge < -0.3 is 0 Å². The molecule has 0 unspecified atom stereocenters. The van der Waals surface area contributed by atoms with Crippen LogP contribution in [0.2, 0.25) is 15.1 Å². The van der Waals surface area contributed by atoms with Crippen molar-refractivity contribution in [3.63, 3.8) is 0 Å². The molecule has 0 aliphatic carbocycles. The van der Waals surface area contributed by atoms with Gasteiger partial charge in [-0.25, -0.2) is 0 Å². The van der Waals surface area contributed by atoms with Crippen molar-refractivity contribution < 1.29 is 0 Å². The predicted octanol–water partition coefficient (Wildman–Crippen LogP) is 3.71. The number of rotatable bonds is 1. The van der Waals surface area contributed by atoms with Crippen molar-refractivity contribution in [2.75, 3.05) is 0 Å². The molecular weight excluding hydrogens is 216 g/mol. The molecule has 0 amide bonds. The van der Waals surface area contributed by atoms with Crippen LogP contribution >= 0.6 is 34.8 Å². The first-order valence-electron chi connectivity index (χ1n) is 3.15. The SMILES string of the molecule is N#CCc1cc(Cl)c(Cl)cc1Cl. The van der Waals surface area contributed by atoms with Crippen LogP contribution in [0.5, 0.6) is 0 Å². The van der Waals surface area contributed by atoms with Crippen molar-refractivity contribution in [3.8, 4) is 6.07 Å². The average molecular weight is 220 g/mol. The third-order valence-electron chi connectivity index (χ3n) is 1.36. The number of nitrogens with zero attached hydrogens (tertiary/aromatic N) is 1. The van der Waals surface area contributed by atoms with E-state index in [1.165, 1.54) is 6.07 Å². The largest absolute Gasteiger partial charge is 0.198 e. The fourth-order valence-corrected chi connectivity index (χ4v) is 1.42. The van der Waals surface area contributed by atoms with Crippen LogP contribution in [-0.2, 0) is 6.42 Å². The van der Waals surface area contributed by atoms with Crippen LogP contribution in [0.3, 0.4) is 0 Å². The highest BCUT2D eigenvalue weighted by Gasteiger charge is 2.04. The summed E-state index contributed by atoms with van der Waals surface area (Å²) < 4.78 is 0. The molecule has 12 heavy (non-hydrogen) atoms. The molecule has 62 valence electrons. The lowest BCUT2D eigenvalue weighted by Gasteiger charge is -2.01. The summed E-state index contributed by atoms with van der Waals surface area (Å²) in [5, 5.41) is 9.73. The van der Waals surface area contributed by atoms with Crippen molar-refractivity contribution >= 4 is 34.8 Å². The Morgan fingerprint density at radius 3 is 2.25 bits per heavy atom. The topological polar surface area (TPSA) is 23.8 Å². The van der Waals surface area contributed by atoms with E-state index in [9.17, 15) is 0 Å². The number of benzene rings is 1. The third kappa shape index (κ3) is 2.04. The lowest BCUT2D eigenvalue weighted by Crippen LogP contribution is -1.83. The number of hydrogen-bond acceptors (Lipinski definition) is 1. The van der Waals surface area contributed by atoms with Crippen LogP contribution in [0.25, 0.3) is 0 Å². The Hall–Kier alpha value is -0.420. The van der Waals surface area contributed by atoms with Gasteiger partial charge in [0.05, 0.1) is 22.5 Å². The number of halogens is 3. The molecule has 0 N–H and O–H groups in total. The van der Waals surface area contributed by atoms with Gasteiger partial charge in [-0.3, -0.25) is 0 Å². The molecule has 0 fully saturated rings. The monoisotopic (exact) mass is 219 g/mol. The normalized spacial score (nSPS) is 9.50. The Balaban J connectivity index is 3.16. The standard InChI is InChI=1S/C8H4Cl3N/c9-6-4-8(11)7(10)3-5(6)1-2-12/h3-4H,1H2. The van der Waals surface area contributed by atoms with Gasteiger partial charge in [0.2, 0.25) is 0 Å². The fourth-order valence-electron chi connectivity index (χ4n) is 0.784. The molecule has 0 aliphatic rings. The minimum Gasteiger partial charge on any atom is -0.198 e. The lowest BCUT2D eigenvalue weighted by molar-refractivity contribution is 1.26. The molecule has 1 aromatic carbocycles. The number of nitriles is 1. The van der Waals surface area contributed by atoms with Gasteiger partial charge in [-0.05, 0) is 17.7 Å². The average Bonchev–Trinajstić information content (AvgIpc) is 2.01. The minimum atomic E-state index is 0.246. The molecule has 0 saturated heterocycles. The quantitative estimate of drug-likeness (QED) is 0.662. The summed E-state index contributed by atoms with van der Waals surface area (Å²) in [5.41, 5.74) is 0.702. The summed E-state index contributed by atoms with van der Waals surface area (Å²) >= 11 is 17.2. The van der Waals surface area contributed by atoms with Gasteiger partial charge in [0, 0.05) is 5.02 Å². The van der Waals surface area contributed by atoms with E-state index in [-0.39, 0.29) is 6.42 Å². The van der Waals surface area contributed by atoms with E-state index >= 15 is 0 Å². The van der Waals surface area contributed by atoms with Crippen LogP contribution in [0.4, 0.5) is 0 Å². The van der Waals surface area contributed by atoms with E-state index in [2.05, 4.69) is 0 Å². The van der Waals surface area contributed by atoms with E-state index in [4.69, 9.17) is 40.1 Å². The molecule has 1 nitrogen and oxygen atoms in total. The molecule has 1 aromatic rings. The maximum atomic E-state index is 8.42. The molecule has 1 rings (SSSR count). The Morgan fingerprint density at radius 1 is 1.08 bits per heavy atom. The zero-order chi connectivity index (χ0) is 9.14. The van der Waals surface area contributed by atoms with Crippen LogP contribution < -0.4 is 0 Å². The van der Waals surface area contributed by atoms with Crippen LogP contribution in [0.15, 0.2) is 12.1 Å². The second-order valence-electron chi connectivity index (χ2n) is 2.19. The van der Waals surface area contributed by atoms with Crippen LogP contribution in [-0.4, -0.2) is 0 Å². The van der Waals surface area contributed by atoms with E-state index in [1.807, 2.05) is 6.07 Å². The Labute approximate surface area is 85.5 Å². The van der Waals surface area contributed by atoms with Crippen molar-refractivity contribution in [2.24, 2.45) is 0 Å². The highest BCUT2D eigenvalue weighted by molar-refractivity contribution is 6.43. The first-order chi connectivity index (χ1) is 5.65. The molecular formula is C8H4Cl3N. The zero-order valence-electron chi connectivity index (χ0n) is 5.94. The smallest absolute Gasteiger partial charge is 0.0670 e. The summed E-state index contributed by atoms with van der Waals surface area (Å²) in [6.07, 6.45) is 0.246. The molecule has 0 atom stereocenters. The van der Waals surface area contributed by atoms with Gasteiger partial charge in [0.15, 0.2) is 0 Å². The second kappa shape index (κ2) is 4.00. The minimum absolute atomic E-state index is 0.246. The highest BCUT2D eigenvalue weighted by Crippen LogP contribution is 2.28. The van der Waals surface area contributed by atoms with Gasteiger partial charge in [-0.2, -0.15) is 5.26 Å². The molecule has 0 aromatic heterocycles. The molecule has 0 heterocycles. The Bertz CT molecular complexity index is 341. The van der Waals surface area contributed by atoms with Crippen molar-refractivity contribution in [2.45, 2.75) is 6.42 Å². The maximum absolute atomic E-state index is 8.42. The van der Waals surface area contributed by atoms with Crippen molar-refractivity contribution in [1.82, 2.24) is 0 Å². The second-order valence-corrected chi connectivity index (χ2v) is 3.41. The summed E-state index contributed by atoms with van der Waals surface area (Å²) in [6, 6.07) is 5.13. The first kappa shape index (κ1) is 9.67. The summed E-state index contributed by atoms with van der Waals surface area (Å²) in [6.45, 7) is 0. The summed E-state index contributed by atoms with van der Waals surface area (Å²) in [7, 11) is 0. The van der Waals surface area contributed by atoms with Crippen molar-refractivity contribution in [3.05, 3.63) is 32.8 Å². The maximum Gasteiger partial charge on any atom is 0.0670 e. The van der Waals surface area contributed by atoms with E-state index < -0.39 is 0 Å². The van der Waals surface area contributed by atoms with Gasteiger partial charge >= 0.3 is 0 Å². The van der Waals surface area contributed by atoms with Crippen LogP contribution in [0, 0.1) is 11.3 Å². The summed E-state index contributed by atoms with van der Waals surface area (Å²) in [4.78, 5) is 0. The predicted molar refractivity (Wildman–Crippen MR) is 50.8 cm³/mol. The molecule has 0 spiro atoms. The van der Waals surface area contributed by atoms with Gasteiger partial charge in [-0.15, -0.1) is 0 Å². The molecule has 0 saturated carbocycles. The van der Waals surface area contributed by atoms with E-state index in [1.54, 1.807) is 6.07 Å². The molecule has 0 aliphatic heterocycles.